The normalized spacial score (nSPS) is 11.5. The molecule has 0 fully saturated rings. The molecule has 3 aromatic rings. The number of carbonyl (C=O) groups excluding carboxylic acids is 2. The van der Waals surface area contributed by atoms with Gasteiger partial charge in [0.25, 0.3) is 5.91 Å². The van der Waals surface area contributed by atoms with Crippen molar-refractivity contribution in [1.29, 1.82) is 0 Å². The summed E-state index contributed by atoms with van der Waals surface area (Å²) in [4.78, 5) is 29.4. The van der Waals surface area contributed by atoms with Gasteiger partial charge in [0.15, 0.2) is 0 Å². The van der Waals surface area contributed by atoms with E-state index in [2.05, 4.69) is 47.0 Å². The molecule has 6 nitrogen and oxygen atoms in total. The van der Waals surface area contributed by atoms with Crippen LogP contribution in [0.2, 0.25) is 0 Å². The van der Waals surface area contributed by atoms with E-state index in [0.29, 0.717) is 29.3 Å². The van der Waals surface area contributed by atoms with E-state index in [1.54, 1.807) is 29.7 Å². The smallest absolute Gasteiger partial charge is 0.312 e. The molecule has 0 saturated heterocycles. The lowest BCUT2D eigenvalue weighted by atomic mass is 9.87. The van der Waals surface area contributed by atoms with Crippen molar-refractivity contribution >= 4 is 39.3 Å². The van der Waals surface area contributed by atoms with Gasteiger partial charge in [-0.1, -0.05) is 32.9 Å². The minimum absolute atomic E-state index is 0.00967. The monoisotopic (exact) mass is 457 g/mol. The maximum atomic E-state index is 12.9. The molecular weight excluding hydrogens is 434 g/mol. The number of carbonyl (C=O) groups is 2. The lowest BCUT2D eigenvalue weighted by Crippen LogP contribution is -2.17. The van der Waals surface area contributed by atoms with Crippen molar-refractivity contribution in [2.24, 2.45) is 0 Å². The number of nitrogens with zero attached hydrogens (tertiary/aromatic N) is 2. The Labute approximate surface area is 178 Å². The average Bonchev–Trinajstić information content (AvgIpc) is 2.97. The van der Waals surface area contributed by atoms with Crippen LogP contribution < -0.4 is 5.32 Å². The Morgan fingerprint density at radius 2 is 1.83 bits per heavy atom. The van der Waals surface area contributed by atoms with E-state index in [1.165, 1.54) is 0 Å². The number of halogens is 1. The molecule has 0 saturated carbocycles. The molecule has 1 amide bonds. The summed E-state index contributed by atoms with van der Waals surface area (Å²) in [7, 11) is 0. The molecule has 7 heteroatoms. The Bertz CT molecular complexity index is 1050. The fraction of sp³-hybridized carbons (Fsp3) is 0.318. The average molecular weight is 458 g/mol. The number of anilines is 1. The number of esters is 1. The third kappa shape index (κ3) is 4.85. The topological polar surface area (TPSA) is 72.7 Å². The highest BCUT2D eigenvalue weighted by Crippen LogP contribution is 2.25. The van der Waals surface area contributed by atoms with Gasteiger partial charge in [-0.15, -0.1) is 0 Å². The first-order valence-electron chi connectivity index (χ1n) is 9.43. The van der Waals surface area contributed by atoms with Crippen LogP contribution in [0.4, 0.5) is 5.82 Å². The Morgan fingerprint density at radius 3 is 2.45 bits per heavy atom. The van der Waals surface area contributed by atoms with Gasteiger partial charge >= 0.3 is 5.97 Å². The minimum atomic E-state index is -0.389. The number of ether oxygens (including phenoxy) is 1. The van der Waals surface area contributed by atoms with Crippen LogP contribution in [0, 0.1) is 0 Å². The number of amides is 1. The van der Waals surface area contributed by atoms with Gasteiger partial charge in [0.2, 0.25) is 0 Å². The van der Waals surface area contributed by atoms with Gasteiger partial charge < -0.3 is 10.1 Å². The summed E-state index contributed by atoms with van der Waals surface area (Å²) in [6.07, 6.45) is 1.78. The summed E-state index contributed by atoms with van der Waals surface area (Å²) in [6, 6.07) is 11.2. The first-order chi connectivity index (χ1) is 13.7. The van der Waals surface area contributed by atoms with Crippen LogP contribution in [-0.4, -0.2) is 27.9 Å². The van der Waals surface area contributed by atoms with Crippen molar-refractivity contribution in [2.75, 3.05) is 11.9 Å². The fourth-order valence-electron chi connectivity index (χ4n) is 2.97. The Kier molecular flexibility index (Phi) is 6.07. The van der Waals surface area contributed by atoms with Crippen molar-refractivity contribution < 1.29 is 14.3 Å². The van der Waals surface area contributed by atoms with Crippen molar-refractivity contribution in [3.63, 3.8) is 0 Å². The second-order valence-electron chi connectivity index (χ2n) is 7.75. The SMILES string of the molecule is CCOC(=O)Cc1nc2ccc(Br)cn2c1NC(=O)c1ccc(C(C)(C)C)cc1. The Morgan fingerprint density at radius 1 is 1.14 bits per heavy atom. The van der Waals surface area contributed by atoms with Crippen molar-refractivity contribution in [3.8, 4) is 0 Å². The molecule has 1 aromatic carbocycles. The maximum Gasteiger partial charge on any atom is 0.312 e. The zero-order valence-electron chi connectivity index (χ0n) is 17.0. The van der Waals surface area contributed by atoms with Crippen LogP contribution >= 0.6 is 15.9 Å². The third-order valence-electron chi connectivity index (χ3n) is 4.52. The van der Waals surface area contributed by atoms with Gasteiger partial charge in [-0.2, -0.15) is 0 Å². The Hall–Kier alpha value is -2.67. The standard InChI is InChI=1S/C22H24BrN3O3/c1-5-29-19(27)12-17-20(26-13-16(23)10-11-18(26)24-17)25-21(28)14-6-8-15(9-7-14)22(2,3)4/h6-11,13H,5,12H2,1-4H3,(H,25,28). The minimum Gasteiger partial charge on any atom is -0.466 e. The van der Waals surface area contributed by atoms with E-state index >= 15 is 0 Å². The van der Waals surface area contributed by atoms with Crippen LogP contribution in [0.25, 0.3) is 5.65 Å². The van der Waals surface area contributed by atoms with Crippen LogP contribution in [-0.2, 0) is 21.4 Å². The molecule has 0 unspecified atom stereocenters. The fourth-order valence-corrected chi connectivity index (χ4v) is 3.31. The first kappa shape index (κ1) is 21.0. The van der Waals surface area contributed by atoms with Crippen molar-refractivity contribution in [1.82, 2.24) is 9.38 Å². The molecule has 3 rings (SSSR count). The first-order valence-corrected chi connectivity index (χ1v) is 10.2. The Balaban J connectivity index is 1.94. The van der Waals surface area contributed by atoms with Crippen molar-refractivity contribution in [3.05, 3.63) is 63.9 Å². The van der Waals surface area contributed by atoms with Crippen molar-refractivity contribution in [2.45, 2.75) is 39.5 Å². The van der Waals surface area contributed by atoms with E-state index in [-0.39, 0.29) is 23.7 Å². The number of aromatic nitrogens is 2. The lowest BCUT2D eigenvalue weighted by Gasteiger charge is -2.19. The van der Waals surface area contributed by atoms with E-state index in [4.69, 9.17) is 4.74 Å². The summed E-state index contributed by atoms with van der Waals surface area (Å²) in [5.74, 6) is -0.198. The molecule has 0 aliphatic rings. The number of fused-ring (bicyclic) bond motifs is 1. The lowest BCUT2D eigenvalue weighted by molar-refractivity contribution is -0.142. The van der Waals surface area contributed by atoms with Gasteiger partial charge in [-0.25, -0.2) is 4.98 Å². The molecule has 0 atom stereocenters. The van der Waals surface area contributed by atoms with Gasteiger partial charge in [-0.05, 0) is 58.1 Å². The zero-order valence-corrected chi connectivity index (χ0v) is 18.5. The van der Waals surface area contributed by atoms with Crippen LogP contribution in [0.1, 0.15) is 49.3 Å². The molecule has 0 radical (unpaired) electrons. The summed E-state index contributed by atoms with van der Waals surface area (Å²) in [5, 5.41) is 2.92. The number of nitrogens with one attached hydrogen (secondary N) is 1. The van der Waals surface area contributed by atoms with Gasteiger partial charge in [-0.3, -0.25) is 14.0 Å². The molecule has 2 aromatic heterocycles. The highest BCUT2D eigenvalue weighted by atomic mass is 79.9. The van der Waals surface area contributed by atoms with E-state index < -0.39 is 0 Å². The van der Waals surface area contributed by atoms with Gasteiger partial charge in [0, 0.05) is 16.2 Å². The molecule has 0 aliphatic carbocycles. The van der Waals surface area contributed by atoms with Crippen LogP contribution in [0.15, 0.2) is 47.1 Å². The zero-order chi connectivity index (χ0) is 21.2. The predicted molar refractivity (Wildman–Crippen MR) is 116 cm³/mol. The molecule has 0 spiro atoms. The molecule has 1 N–H and O–H groups in total. The molecule has 0 bridgehead atoms. The summed E-state index contributed by atoms with van der Waals surface area (Å²) >= 11 is 3.44. The molecule has 29 heavy (non-hydrogen) atoms. The largest absolute Gasteiger partial charge is 0.466 e. The highest BCUT2D eigenvalue weighted by molar-refractivity contribution is 9.10. The van der Waals surface area contributed by atoms with E-state index in [1.807, 2.05) is 24.3 Å². The van der Waals surface area contributed by atoms with E-state index in [9.17, 15) is 9.59 Å². The number of imidazole rings is 1. The van der Waals surface area contributed by atoms with Gasteiger partial charge in [0.1, 0.15) is 11.5 Å². The van der Waals surface area contributed by atoms with Crippen LogP contribution in [0.5, 0.6) is 0 Å². The second kappa shape index (κ2) is 8.37. The summed E-state index contributed by atoms with van der Waals surface area (Å²) < 4.78 is 7.62. The van der Waals surface area contributed by atoms with E-state index in [0.717, 1.165) is 10.0 Å². The van der Waals surface area contributed by atoms with Gasteiger partial charge in [0.05, 0.1) is 18.7 Å². The number of rotatable bonds is 5. The second-order valence-corrected chi connectivity index (χ2v) is 8.66. The van der Waals surface area contributed by atoms with Crippen LogP contribution in [0.3, 0.4) is 0 Å². The number of hydrogen-bond donors (Lipinski definition) is 1. The molecule has 2 heterocycles. The third-order valence-corrected chi connectivity index (χ3v) is 4.99. The summed E-state index contributed by atoms with van der Waals surface area (Å²) in [5.41, 5.74) is 2.78. The quantitative estimate of drug-likeness (QED) is 0.560. The molecule has 0 aliphatic heterocycles. The summed E-state index contributed by atoms with van der Waals surface area (Å²) in [6.45, 7) is 8.42. The molecule has 152 valence electrons. The maximum absolute atomic E-state index is 12.9. The number of hydrogen-bond acceptors (Lipinski definition) is 4. The predicted octanol–water partition coefficient (Wildman–Crippen LogP) is 4.75. The highest BCUT2D eigenvalue weighted by Gasteiger charge is 2.20. The number of pyridine rings is 1. The number of benzene rings is 1. The molecular formula is C22H24BrN3O3.